The van der Waals surface area contributed by atoms with Crippen molar-refractivity contribution >= 4 is 17.3 Å². The van der Waals surface area contributed by atoms with Gasteiger partial charge in [-0.05, 0) is 44.6 Å². The number of piperazine rings is 1. The molecule has 0 amide bonds. The SMILES string of the molecule is CC1CN(c2cc(Cl)ccc2CCN)CCN1C. The van der Waals surface area contributed by atoms with E-state index in [1.54, 1.807) is 0 Å². The molecule has 1 fully saturated rings. The van der Waals surface area contributed by atoms with Crippen LogP contribution < -0.4 is 10.6 Å². The molecule has 1 aliphatic rings. The highest BCUT2D eigenvalue weighted by atomic mass is 35.5. The Hall–Kier alpha value is -0.770. The maximum atomic E-state index is 6.13. The minimum absolute atomic E-state index is 0.573. The van der Waals surface area contributed by atoms with E-state index in [-0.39, 0.29) is 0 Å². The van der Waals surface area contributed by atoms with Gasteiger partial charge in [-0.15, -0.1) is 0 Å². The fourth-order valence-electron chi connectivity index (χ4n) is 2.47. The molecule has 1 aromatic carbocycles. The molecule has 1 unspecified atom stereocenters. The predicted octanol–water partition coefficient (Wildman–Crippen LogP) is 1.98. The van der Waals surface area contributed by atoms with Crippen molar-refractivity contribution in [1.82, 2.24) is 4.90 Å². The fraction of sp³-hybridized carbons (Fsp3) is 0.571. The Kier molecular flexibility index (Phi) is 4.49. The zero-order chi connectivity index (χ0) is 13.1. The van der Waals surface area contributed by atoms with Crippen LogP contribution in [0.1, 0.15) is 12.5 Å². The Morgan fingerprint density at radius 1 is 1.39 bits per heavy atom. The smallest absolute Gasteiger partial charge is 0.0426 e. The minimum atomic E-state index is 0.573. The van der Waals surface area contributed by atoms with Crippen LogP contribution in [-0.2, 0) is 6.42 Å². The average Bonchev–Trinajstić information content (AvgIpc) is 2.35. The largest absolute Gasteiger partial charge is 0.368 e. The molecule has 1 heterocycles. The molecule has 2 rings (SSSR count). The molecule has 3 nitrogen and oxygen atoms in total. The molecule has 18 heavy (non-hydrogen) atoms. The molecular formula is C14H22ClN3. The van der Waals surface area contributed by atoms with Crippen LogP contribution in [0.3, 0.4) is 0 Å². The molecule has 0 spiro atoms. The van der Waals surface area contributed by atoms with Crippen LogP contribution in [0.2, 0.25) is 5.02 Å². The second-order valence-corrected chi connectivity index (χ2v) is 5.52. The van der Waals surface area contributed by atoms with Gasteiger partial charge >= 0.3 is 0 Å². The van der Waals surface area contributed by atoms with E-state index in [2.05, 4.69) is 35.9 Å². The van der Waals surface area contributed by atoms with Crippen molar-refractivity contribution in [2.75, 3.05) is 38.1 Å². The van der Waals surface area contributed by atoms with Crippen molar-refractivity contribution < 1.29 is 0 Å². The first-order valence-electron chi connectivity index (χ1n) is 6.55. The summed E-state index contributed by atoms with van der Waals surface area (Å²) in [6.07, 6.45) is 0.910. The first kappa shape index (κ1) is 13.7. The molecule has 1 aromatic rings. The van der Waals surface area contributed by atoms with E-state index in [9.17, 15) is 0 Å². The van der Waals surface area contributed by atoms with Gasteiger partial charge in [-0.1, -0.05) is 17.7 Å². The molecule has 1 aliphatic heterocycles. The van der Waals surface area contributed by atoms with Crippen molar-refractivity contribution in [2.24, 2.45) is 5.73 Å². The Bertz CT molecular complexity index is 408. The van der Waals surface area contributed by atoms with Crippen LogP contribution in [0.25, 0.3) is 0 Å². The van der Waals surface area contributed by atoms with E-state index in [0.717, 1.165) is 31.1 Å². The summed E-state index contributed by atoms with van der Waals surface area (Å²) in [5.74, 6) is 0. The van der Waals surface area contributed by atoms with Crippen molar-refractivity contribution in [3.8, 4) is 0 Å². The average molecular weight is 268 g/mol. The van der Waals surface area contributed by atoms with E-state index in [4.69, 9.17) is 17.3 Å². The summed E-state index contributed by atoms with van der Waals surface area (Å²) in [6.45, 7) is 6.14. The number of benzene rings is 1. The summed E-state index contributed by atoms with van der Waals surface area (Å²) in [4.78, 5) is 4.82. The molecule has 1 saturated heterocycles. The summed E-state index contributed by atoms with van der Waals surface area (Å²) in [6, 6.07) is 6.71. The number of nitrogens with two attached hydrogens (primary N) is 1. The van der Waals surface area contributed by atoms with Crippen molar-refractivity contribution in [3.05, 3.63) is 28.8 Å². The maximum absolute atomic E-state index is 6.13. The lowest BCUT2D eigenvalue weighted by Gasteiger charge is -2.39. The predicted molar refractivity (Wildman–Crippen MR) is 78.5 cm³/mol. The van der Waals surface area contributed by atoms with Gasteiger partial charge in [-0.25, -0.2) is 0 Å². The molecule has 4 heteroatoms. The van der Waals surface area contributed by atoms with E-state index in [1.807, 2.05) is 6.07 Å². The second-order valence-electron chi connectivity index (χ2n) is 5.09. The fourth-order valence-corrected chi connectivity index (χ4v) is 2.63. The number of halogens is 1. The van der Waals surface area contributed by atoms with Gasteiger partial charge in [0.1, 0.15) is 0 Å². The molecule has 0 radical (unpaired) electrons. The Morgan fingerprint density at radius 3 is 2.83 bits per heavy atom. The third-order valence-electron chi connectivity index (χ3n) is 3.76. The van der Waals surface area contributed by atoms with Crippen LogP contribution >= 0.6 is 11.6 Å². The van der Waals surface area contributed by atoms with Gasteiger partial charge in [0.25, 0.3) is 0 Å². The lowest BCUT2D eigenvalue weighted by Crippen LogP contribution is -2.50. The molecule has 0 saturated carbocycles. The van der Waals surface area contributed by atoms with Crippen LogP contribution in [0.5, 0.6) is 0 Å². The molecule has 0 bridgehead atoms. The Balaban J connectivity index is 2.23. The lowest BCUT2D eigenvalue weighted by atomic mass is 10.1. The van der Waals surface area contributed by atoms with Gasteiger partial charge in [-0.2, -0.15) is 0 Å². The summed E-state index contributed by atoms with van der Waals surface area (Å²) in [5.41, 5.74) is 8.25. The molecule has 0 aliphatic carbocycles. The number of hydrogen-bond acceptors (Lipinski definition) is 3. The molecule has 2 N–H and O–H groups in total. The second kappa shape index (κ2) is 5.91. The minimum Gasteiger partial charge on any atom is -0.368 e. The van der Waals surface area contributed by atoms with Gasteiger partial charge in [-0.3, -0.25) is 0 Å². The number of anilines is 1. The first-order chi connectivity index (χ1) is 8.61. The van der Waals surface area contributed by atoms with Gasteiger partial charge in [0.15, 0.2) is 0 Å². The normalized spacial score (nSPS) is 21.3. The van der Waals surface area contributed by atoms with E-state index in [1.165, 1.54) is 11.3 Å². The summed E-state index contributed by atoms with van der Waals surface area (Å²) in [5, 5.41) is 0.803. The van der Waals surface area contributed by atoms with Crippen LogP contribution in [0.4, 0.5) is 5.69 Å². The van der Waals surface area contributed by atoms with Gasteiger partial charge < -0.3 is 15.5 Å². The summed E-state index contributed by atoms with van der Waals surface area (Å²) < 4.78 is 0. The zero-order valence-corrected chi connectivity index (χ0v) is 12.0. The zero-order valence-electron chi connectivity index (χ0n) is 11.2. The number of likely N-dealkylation sites (N-methyl/N-ethyl adjacent to an activating group) is 1. The number of nitrogens with zero attached hydrogens (tertiary/aromatic N) is 2. The van der Waals surface area contributed by atoms with Crippen LogP contribution in [0.15, 0.2) is 18.2 Å². The van der Waals surface area contributed by atoms with Gasteiger partial charge in [0.2, 0.25) is 0 Å². The highest BCUT2D eigenvalue weighted by molar-refractivity contribution is 6.30. The van der Waals surface area contributed by atoms with Gasteiger partial charge in [0.05, 0.1) is 0 Å². The van der Waals surface area contributed by atoms with E-state index >= 15 is 0 Å². The summed E-state index contributed by atoms with van der Waals surface area (Å²) >= 11 is 6.13. The van der Waals surface area contributed by atoms with Crippen molar-refractivity contribution in [3.63, 3.8) is 0 Å². The van der Waals surface area contributed by atoms with E-state index in [0.29, 0.717) is 12.6 Å². The summed E-state index contributed by atoms with van der Waals surface area (Å²) in [7, 11) is 2.18. The third-order valence-corrected chi connectivity index (χ3v) is 4.00. The van der Waals surface area contributed by atoms with Crippen LogP contribution in [0, 0.1) is 0 Å². The van der Waals surface area contributed by atoms with Crippen molar-refractivity contribution in [1.29, 1.82) is 0 Å². The Labute approximate surface area is 115 Å². The highest BCUT2D eigenvalue weighted by Gasteiger charge is 2.22. The maximum Gasteiger partial charge on any atom is 0.0426 e. The first-order valence-corrected chi connectivity index (χ1v) is 6.93. The molecule has 100 valence electrons. The Morgan fingerprint density at radius 2 is 2.17 bits per heavy atom. The number of rotatable bonds is 3. The molecule has 0 aromatic heterocycles. The third kappa shape index (κ3) is 2.97. The molecule has 1 atom stereocenters. The topological polar surface area (TPSA) is 32.5 Å². The van der Waals surface area contributed by atoms with Crippen molar-refractivity contribution in [2.45, 2.75) is 19.4 Å². The molecular weight excluding hydrogens is 246 g/mol. The standard InChI is InChI=1S/C14H22ClN3/c1-11-10-18(8-7-17(11)2)14-9-13(15)4-3-12(14)5-6-16/h3-4,9,11H,5-8,10,16H2,1-2H3. The monoisotopic (exact) mass is 267 g/mol. The lowest BCUT2D eigenvalue weighted by molar-refractivity contribution is 0.234. The van der Waals surface area contributed by atoms with Crippen LogP contribution in [-0.4, -0.2) is 44.2 Å². The number of hydrogen-bond donors (Lipinski definition) is 1. The van der Waals surface area contributed by atoms with Gasteiger partial charge in [0, 0.05) is 36.4 Å². The highest BCUT2D eigenvalue weighted by Crippen LogP contribution is 2.27. The van der Waals surface area contributed by atoms with E-state index < -0.39 is 0 Å². The quantitative estimate of drug-likeness (QED) is 0.909.